The van der Waals surface area contributed by atoms with Crippen LogP contribution in [0.5, 0.6) is 11.5 Å². The molecule has 3 aliphatic heterocycles. The van der Waals surface area contributed by atoms with E-state index in [9.17, 15) is 24.0 Å². The first-order valence-corrected chi connectivity index (χ1v) is 15.1. The number of nitrogens with one attached hydrogen (secondary N) is 4. The summed E-state index contributed by atoms with van der Waals surface area (Å²) in [6, 6.07) is 2.41. The van der Waals surface area contributed by atoms with Gasteiger partial charge in [-0.1, -0.05) is 34.1 Å². The second-order valence-corrected chi connectivity index (χ2v) is 13.0. The Balaban J connectivity index is 1.43. The van der Waals surface area contributed by atoms with E-state index in [-0.39, 0.29) is 38.1 Å². The number of likely N-dealkylation sites (tertiary alicyclic amines) is 1. The lowest BCUT2D eigenvalue weighted by Gasteiger charge is -2.35. The van der Waals surface area contributed by atoms with Gasteiger partial charge in [0, 0.05) is 24.9 Å². The molecule has 1 aliphatic carbocycles. The van der Waals surface area contributed by atoms with Gasteiger partial charge in [0.15, 0.2) is 11.5 Å². The minimum atomic E-state index is -1.09. The van der Waals surface area contributed by atoms with Crippen LogP contribution >= 0.6 is 0 Å². The number of amides is 4. The number of hydrogen-bond acceptors (Lipinski definition) is 9. The highest BCUT2D eigenvalue weighted by Crippen LogP contribution is 2.41. The van der Waals surface area contributed by atoms with E-state index in [2.05, 4.69) is 21.4 Å². The molecule has 1 aromatic carbocycles. The van der Waals surface area contributed by atoms with Crippen molar-refractivity contribution in [2.24, 2.45) is 5.41 Å². The summed E-state index contributed by atoms with van der Waals surface area (Å²) in [5, 5.41) is 8.19. The van der Waals surface area contributed by atoms with Crippen molar-refractivity contribution in [3.05, 3.63) is 29.8 Å². The van der Waals surface area contributed by atoms with E-state index in [0.717, 1.165) is 18.4 Å². The number of carbonyl (C=O) groups excluding carboxylic acids is 5. The maximum absolute atomic E-state index is 14.1. The monoisotopic (exact) mass is 611 g/mol. The number of rotatable bonds is 10. The zero-order valence-electron chi connectivity index (χ0n) is 25.8. The van der Waals surface area contributed by atoms with Gasteiger partial charge < -0.3 is 30.3 Å². The highest BCUT2D eigenvalue weighted by Gasteiger charge is 2.54. The Kier molecular flexibility index (Phi) is 8.61. The maximum atomic E-state index is 14.1. The van der Waals surface area contributed by atoms with E-state index in [1.54, 1.807) is 6.07 Å². The fourth-order valence-corrected chi connectivity index (χ4v) is 5.72. The molecule has 4 aliphatic rings. The van der Waals surface area contributed by atoms with Gasteiger partial charge in [0.1, 0.15) is 17.7 Å². The third-order valence-corrected chi connectivity index (χ3v) is 8.20. The molecule has 0 aromatic heterocycles. The summed E-state index contributed by atoms with van der Waals surface area (Å²) in [7, 11) is 0. The van der Waals surface area contributed by atoms with Crippen LogP contribution in [0.2, 0.25) is 0 Å². The number of fused-ring (bicyclic) bond motifs is 1. The summed E-state index contributed by atoms with van der Waals surface area (Å²) in [5.74, 6) is -1.63. The van der Waals surface area contributed by atoms with Crippen LogP contribution in [-0.4, -0.2) is 77.4 Å². The summed E-state index contributed by atoms with van der Waals surface area (Å²) >= 11 is 0. The van der Waals surface area contributed by atoms with Gasteiger partial charge in [-0.05, 0) is 49.0 Å². The third-order valence-electron chi connectivity index (χ3n) is 8.20. The molecule has 238 valence electrons. The van der Waals surface area contributed by atoms with Gasteiger partial charge in [0.25, 0.3) is 5.91 Å². The third kappa shape index (κ3) is 6.67. The van der Waals surface area contributed by atoms with E-state index < -0.39 is 52.6 Å². The van der Waals surface area contributed by atoms with Crippen molar-refractivity contribution in [2.75, 3.05) is 13.3 Å². The lowest BCUT2D eigenvalue weighted by Crippen LogP contribution is -2.59. The molecule has 44 heavy (non-hydrogen) atoms. The molecule has 4 atom stereocenters. The number of ether oxygens (including phenoxy) is 2. The summed E-state index contributed by atoms with van der Waals surface area (Å²) in [6.45, 7) is 8.80. The Morgan fingerprint density at radius 2 is 1.82 bits per heavy atom. The summed E-state index contributed by atoms with van der Waals surface area (Å²) < 4.78 is 10.9. The molecular formula is C31H41N5O8. The SMILES string of the molecule is CCC[C@H](NC(=O)[C@@H]1C[C@]2(C=C(c3ccc4c(c3)OCO4)NO2)CN1C(=O)[C@@H](NC(C)=O)C(C)(C)C)C(=O)C(=O)NC1CC1. The Morgan fingerprint density at radius 1 is 1.09 bits per heavy atom. The van der Waals surface area contributed by atoms with Crippen molar-refractivity contribution in [1.82, 2.24) is 26.3 Å². The molecule has 0 bridgehead atoms. The summed E-state index contributed by atoms with van der Waals surface area (Å²) in [6.07, 6.45) is 4.36. The molecule has 4 N–H and O–H groups in total. The van der Waals surface area contributed by atoms with Crippen LogP contribution in [0.25, 0.3) is 5.70 Å². The van der Waals surface area contributed by atoms with Crippen molar-refractivity contribution in [3.8, 4) is 11.5 Å². The number of hydroxylamine groups is 1. The molecule has 1 aromatic rings. The van der Waals surface area contributed by atoms with Crippen LogP contribution < -0.4 is 30.9 Å². The Labute approximate surface area is 256 Å². The molecule has 0 radical (unpaired) electrons. The molecule has 5 rings (SSSR count). The van der Waals surface area contributed by atoms with Gasteiger partial charge in [-0.3, -0.25) is 34.3 Å². The standard InChI is InChI=1S/C31H41N5O8/c1-6-7-20(25(38)28(40)33-19-9-10-19)34-27(39)22-14-31(15-36(22)29(41)26(30(3,4)5)32-17(2)37)13-21(35-44-31)18-8-11-23-24(12-18)43-16-42-23/h8,11-13,19-20,22,26,35H,6-7,9-10,14-16H2,1-5H3,(H,32,37)(H,33,40)(H,34,39)/t20-,22-,26+,31+/m0/s1. The molecule has 1 saturated heterocycles. The van der Waals surface area contributed by atoms with Crippen molar-refractivity contribution >= 4 is 35.1 Å². The van der Waals surface area contributed by atoms with Crippen LogP contribution in [0.1, 0.15) is 72.3 Å². The van der Waals surface area contributed by atoms with E-state index >= 15 is 0 Å². The van der Waals surface area contributed by atoms with E-state index in [4.69, 9.17) is 14.3 Å². The Bertz CT molecular complexity index is 1380. The second kappa shape index (κ2) is 12.1. The highest BCUT2D eigenvalue weighted by molar-refractivity contribution is 6.38. The second-order valence-electron chi connectivity index (χ2n) is 13.0. The molecular weight excluding hydrogens is 570 g/mol. The zero-order chi connectivity index (χ0) is 31.8. The minimum absolute atomic E-state index is 0.00565. The summed E-state index contributed by atoms with van der Waals surface area (Å²) in [5.41, 5.74) is 2.57. The maximum Gasteiger partial charge on any atom is 0.289 e. The van der Waals surface area contributed by atoms with Gasteiger partial charge >= 0.3 is 0 Å². The predicted molar refractivity (Wildman–Crippen MR) is 158 cm³/mol. The van der Waals surface area contributed by atoms with Crippen molar-refractivity contribution < 1.29 is 38.3 Å². The molecule has 13 nitrogen and oxygen atoms in total. The number of benzene rings is 1. The summed E-state index contributed by atoms with van der Waals surface area (Å²) in [4.78, 5) is 73.2. The van der Waals surface area contributed by atoms with E-state index in [1.165, 1.54) is 11.8 Å². The quantitative estimate of drug-likeness (QED) is 0.286. The minimum Gasteiger partial charge on any atom is -0.454 e. The van der Waals surface area contributed by atoms with E-state index in [1.807, 2.05) is 45.9 Å². The van der Waals surface area contributed by atoms with Gasteiger partial charge in [0.05, 0.1) is 18.3 Å². The topological polar surface area (TPSA) is 164 Å². The van der Waals surface area contributed by atoms with Crippen molar-refractivity contribution in [1.29, 1.82) is 0 Å². The lowest BCUT2D eigenvalue weighted by molar-refractivity contribution is -0.145. The number of carbonyl (C=O) groups is 5. The first kappa shape index (κ1) is 31.3. The zero-order valence-corrected chi connectivity index (χ0v) is 25.8. The van der Waals surface area contributed by atoms with Gasteiger partial charge in [-0.15, -0.1) is 0 Å². The normalized spacial score (nSPS) is 23.4. The van der Waals surface area contributed by atoms with Crippen LogP contribution in [0, 0.1) is 5.41 Å². The van der Waals surface area contributed by atoms with Crippen LogP contribution in [0.15, 0.2) is 24.3 Å². The van der Waals surface area contributed by atoms with Crippen LogP contribution in [0.4, 0.5) is 0 Å². The van der Waals surface area contributed by atoms with Crippen molar-refractivity contribution in [3.63, 3.8) is 0 Å². The predicted octanol–water partition coefficient (Wildman–Crippen LogP) is 1.31. The number of nitrogens with zero attached hydrogens (tertiary/aromatic N) is 1. The lowest BCUT2D eigenvalue weighted by atomic mass is 9.85. The first-order valence-electron chi connectivity index (χ1n) is 15.1. The Hall–Kier alpha value is -4.13. The molecule has 1 saturated carbocycles. The van der Waals surface area contributed by atoms with Gasteiger partial charge in [-0.2, -0.15) is 0 Å². The molecule has 3 heterocycles. The molecule has 2 fully saturated rings. The number of hydrogen-bond donors (Lipinski definition) is 4. The molecule has 4 amide bonds. The highest BCUT2D eigenvalue weighted by atomic mass is 16.7. The fraction of sp³-hybridized carbons (Fsp3) is 0.581. The average molecular weight is 612 g/mol. The van der Waals surface area contributed by atoms with Crippen molar-refractivity contribution in [2.45, 2.75) is 96.5 Å². The van der Waals surface area contributed by atoms with E-state index in [0.29, 0.717) is 23.6 Å². The van der Waals surface area contributed by atoms with Crippen LogP contribution in [-0.2, 0) is 28.8 Å². The smallest absolute Gasteiger partial charge is 0.289 e. The Morgan fingerprint density at radius 3 is 2.48 bits per heavy atom. The largest absolute Gasteiger partial charge is 0.454 e. The average Bonchev–Trinajstić information content (AvgIpc) is 3.34. The molecule has 0 unspecified atom stereocenters. The van der Waals surface area contributed by atoms with Crippen LogP contribution in [0.3, 0.4) is 0 Å². The first-order chi connectivity index (χ1) is 20.8. The van der Waals surface area contributed by atoms with Gasteiger partial charge in [-0.25, -0.2) is 0 Å². The van der Waals surface area contributed by atoms with Gasteiger partial charge in [0.2, 0.25) is 30.3 Å². The number of Topliss-reactive ketones (excluding diaryl/α,β-unsaturated/α-hetero) is 1. The fourth-order valence-electron chi connectivity index (χ4n) is 5.72. The molecule has 13 heteroatoms. The molecule has 1 spiro atoms. The number of ketones is 1.